The molecule has 43 heavy (non-hydrogen) atoms. The van der Waals surface area contributed by atoms with Gasteiger partial charge in [0, 0.05) is 0 Å². The SMILES string of the molecule is c1ccc(-c2cc3c(c(-c4cccc5c4ccc4ccccc45)c2-c2cccc4ccccc24)Cc2ccccc2-3)cc1. The Labute approximate surface area is 251 Å². The van der Waals surface area contributed by atoms with Crippen molar-refractivity contribution in [2.45, 2.75) is 6.42 Å². The van der Waals surface area contributed by atoms with Crippen LogP contribution in [-0.2, 0) is 6.42 Å². The van der Waals surface area contributed by atoms with Crippen LogP contribution in [0.2, 0.25) is 0 Å². The van der Waals surface area contributed by atoms with Crippen LogP contribution in [-0.4, -0.2) is 0 Å². The second-order valence-corrected chi connectivity index (χ2v) is 11.6. The van der Waals surface area contributed by atoms with E-state index in [4.69, 9.17) is 0 Å². The average molecular weight is 545 g/mol. The minimum atomic E-state index is 0.928. The minimum absolute atomic E-state index is 0.928. The maximum absolute atomic E-state index is 2.47. The van der Waals surface area contributed by atoms with E-state index in [0.717, 1.165) is 6.42 Å². The standard InChI is InChI=1S/C43H28/c1-2-12-29(13-3-1)39-27-40-34-20-9-6-16-31(34)26-41(40)43(42(39)37-22-10-17-28-14-4-8-19-33(28)37)38-23-11-21-35-32-18-7-5-15-30(32)24-25-36(35)38/h1-25,27H,26H2. The molecule has 0 heterocycles. The van der Waals surface area contributed by atoms with Gasteiger partial charge in [0.05, 0.1) is 0 Å². The molecule has 0 aliphatic heterocycles. The van der Waals surface area contributed by atoms with Crippen LogP contribution >= 0.6 is 0 Å². The van der Waals surface area contributed by atoms with Gasteiger partial charge in [-0.25, -0.2) is 0 Å². The Balaban J connectivity index is 1.49. The largest absolute Gasteiger partial charge is 0.0622 e. The van der Waals surface area contributed by atoms with Crippen LogP contribution in [0.3, 0.4) is 0 Å². The number of hydrogen-bond donors (Lipinski definition) is 0. The smallest absolute Gasteiger partial charge is 0.000705 e. The Morgan fingerprint density at radius 3 is 1.79 bits per heavy atom. The van der Waals surface area contributed by atoms with Crippen molar-refractivity contribution >= 4 is 32.3 Å². The van der Waals surface area contributed by atoms with Gasteiger partial charge in [0.15, 0.2) is 0 Å². The molecule has 0 N–H and O–H groups in total. The van der Waals surface area contributed by atoms with Crippen molar-refractivity contribution in [2.75, 3.05) is 0 Å². The summed E-state index contributed by atoms with van der Waals surface area (Å²) in [5.74, 6) is 0. The van der Waals surface area contributed by atoms with Gasteiger partial charge in [-0.3, -0.25) is 0 Å². The molecular weight excluding hydrogens is 516 g/mol. The van der Waals surface area contributed by atoms with Crippen LogP contribution in [0.25, 0.3) is 76.8 Å². The third-order valence-corrected chi connectivity index (χ3v) is 9.31. The van der Waals surface area contributed by atoms with Gasteiger partial charge >= 0.3 is 0 Å². The summed E-state index contributed by atoms with van der Waals surface area (Å²) < 4.78 is 0. The summed E-state index contributed by atoms with van der Waals surface area (Å²) in [6.07, 6.45) is 0.928. The fraction of sp³-hybridized carbons (Fsp3) is 0.0233. The zero-order valence-electron chi connectivity index (χ0n) is 23.7. The lowest BCUT2D eigenvalue weighted by atomic mass is 9.80. The van der Waals surface area contributed by atoms with Crippen LogP contribution in [0.15, 0.2) is 158 Å². The van der Waals surface area contributed by atoms with E-state index >= 15 is 0 Å². The van der Waals surface area contributed by atoms with Crippen LogP contribution in [0, 0.1) is 0 Å². The Morgan fingerprint density at radius 1 is 0.326 bits per heavy atom. The van der Waals surface area contributed by atoms with Gasteiger partial charge in [0.25, 0.3) is 0 Å². The topological polar surface area (TPSA) is 0 Å². The summed E-state index contributed by atoms with van der Waals surface area (Å²) in [5.41, 5.74) is 13.3. The summed E-state index contributed by atoms with van der Waals surface area (Å²) in [6, 6.07) is 58.2. The van der Waals surface area contributed by atoms with Crippen LogP contribution in [0.4, 0.5) is 0 Å². The molecule has 0 atom stereocenters. The second kappa shape index (κ2) is 9.54. The molecule has 0 aromatic heterocycles. The van der Waals surface area contributed by atoms with Crippen molar-refractivity contribution in [3.8, 4) is 44.5 Å². The summed E-state index contributed by atoms with van der Waals surface area (Å²) in [4.78, 5) is 0. The third kappa shape index (κ3) is 3.70. The summed E-state index contributed by atoms with van der Waals surface area (Å²) in [5, 5.41) is 7.71. The Kier molecular flexibility index (Phi) is 5.36. The molecule has 0 nitrogen and oxygen atoms in total. The lowest BCUT2D eigenvalue weighted by molar-refractivity contribution is 1.27. The number of fused-ring (bicyclic) bond motifs is 7. The fourth-order valence-electron chi connectivity index (χ4n) is 7.40. The molecule has 0 saturated carbocycles. The first-order valence-electron chi connectivity index (χ1n) is 15.1. The van der Waals surface area contributed by atoms with Gasteiger partial charge in [0.2, 0.25) is 0 Å². The zero-order valence-corrected chi connectivity index (χ0v) is 23.7. The Hall–Kier alpha value is -5.46. The molecule has 8 aromatic rings. The first-order chi connectivity index (χ1) is 21.3. The van der Waals surface area contributed by atoms with E-state index in [2.05, 4.69) is 158 Å². The van der Waals surface area contributed by atoms with Gasteiger partial charge in [-0.2, -0.15) is 0 Å². The van der Waals surface area contributed by atoms with Gasteiger partial charge in [-0.05, 0) is 100 Å². The van der Waals surface area contributed by atoms with Crippen LogP contribution in [0.5, 0.6) is 0 Å². The number of benzene rings is 8. The first-order valence-corrected chi connectivity index (χ1v) is 15.1. The van der Waals surface area contributed by atoms with Crippen molar-refractivity contribution < 1.29 is 0 Å². The highest BCUT2D eigenvalue weighted by atomic mass is 14.3. The molecule has 0 bridgehead atoms. The van der Waals surface area contributed by atoms with E-state index in [1.165, 1.54) is 88.0 Å². The van der Waals surface area contributed by atoms with Crippen molar-refractivity contribution in [3.05, 3.63) is 169 Å². The van der Waals surface area contributed by atoms with E-state index in [0.29, 0.717) is 0 Å². The summed E-state index contributed by atoms with van der Waals surface area (Å²) >= 11 is 0. The highest BCUT2D eigenvalue weighted by molar-refractivity contribution is 6.16. The highest BCUT2D eigenvalue weighted by Gasteiger charge is 2.28. The second-order valence-electron chi connectivity index (χ2n) is 11.6. The van der Waals surface area contributed by atoms with E-state index in [-0.39, 0.29) is 0 Å². The molecule has 0 amide bonds. The van der Waals surface area contributed by atoms with Gasteiger partial charge < -0.3 is 0 Å². The maximum atomic E-state index is 2.47. The lowest BCUT2D eigenvalue weighted by Gasteiger charge is -2.23. The molecule has 0 fully saturated rings. The average Bonchev–Trinajstić information content (AvgIpc) is 3.45. The summed E-state index contributed by atoms with van der Waals surface area (Å²) in [7, 11) is 0. The molecular formula is C43H28. The third-order valence-electron chi connectivity index (χ3n) is 9.31. The van der Waals surface area contributed by atoms with Crippen LogP contribution < -0.4 is 0 Å². The molecule has 8 aromatic carbocycles. The molecule has 0 heteroatoms. The summed E-state index contributed by atoms with van der Waals surface area (Å²) in [6.45, 7) is 0. The predicted molar refractivity (Wildman–Crippen MR) is 184 cm³/mol. The number of hydrogen-bond acceptors (Lipinski definition) is 0. The van der Waals surface area contributed by atoms with E-state index in [1.54, 1.807) is 0 Å². The molecule has 0 unspecified atom stereocenters. The molecule has 0 saturated heterocycles. The van der Waals surface area contributed by atoms with Crippen molar-refractivity contribution in [2.24, 2.45) is 0 Å². The van der Waals surface area contributed by atoms with E-state index in [9.17, 15) is 0 Å². The van der Waals surface area contributed by atoms with Crippen molar-refractivity contribution in [1.82, 2.24) is 0 Å². The maximum Gasteiger partial charge on any atom is -0.000705 e. The molecule has 1 aliphatic rings. The first kappa shape index (κ1) is 24.2. The minimum Gasteiger partial charge on any atom is -0.0622 e. The van der Waals surface area contributed by atoms with Crippen molar-refractivity contribution in [3.63, 3.8) is 0 Å². The van der Waals surface area contributed by atoms with Crippen molar-refractivity contribution in [1.29, 1.82) is 0 Å². The van der Waals surface area contributed by atoms with Gasteiger partial charge in [0.1, 0.15) is 0 Å². The molecule has 1 aliphatic carbocycles. The van der Waals surface area contributed by atoms with Gasteiger partial charge in [-0.15, -0.1) is 0 Å². The lowest BCUT2D eigenvalue weighted by Crippen LogP contribution is -1.98. The number of rotatable bonds is 3. The van der Waals surface area contributed by atoms with Crippen LogP contribution in [0.1, 0.15) is 11.1 Å². The quantitative estimate of drug-likeness (QED) is 0.194. The Morgan fingerprint density at radius 2 is 0.930 bits per heavy atom. The fourth-order valence-corrected chi connectivity index (χ4v) is 7.40. The zero-order chi connectivity index (χ0) is 28.3. The predicted octanol–water partition coefficient (Wildman–Crippen LogP) is 11.7. The molecule has 0 radical (unpaired) electrons. The van der Waals surface area contributed by atoms with Gasteiger partial charge in [-0.1, -0.05) is 152 Å². The van der Waals surface area contributed by atoms with E-state index in [1.807, 2.05) is 0 Å². The molecule has 9 rings (SSSR count). The molecule has 200 valence electrons. The molecule has 0 spiro atoms. The Bertz CT molecular complexity index is 2350. The highest BCUT2D eigenvalue weighted by Crippen LogP contribution is 2.52. The normalized spacial score (nSPS) is 12.1. The van der Waals surface area contributed by atoms with E-state index < -0.39 is 0 Å². The monoisotopic (exact) mass is 544 g/mol.